The van der Waals surface area contributed by atoms with Gasteiger partial charge in [-0.2, -0.15) is 0 Å². The van der Waals surface area contributed by atoms with Crippen LogP contribution in [0.4, 0.5) is 0 Å². The number of benzene rings is 1. The van der Waals surface area contributed by atoms with Gasteiger partial charge in [0.1, 0.15) is 0 Å². The van der Waals surface area contributed by atoms with Gasteiger partial charge in [-0.3, -0.25) is 0 Å². The molecule has 1 aromatic carbocycles. The van der Waals surface area contributed by atoms with Gasteiger partial charge in [0.05, 0.1) is 13.7 Å². The molecule has 1 aliphatic rings. The topological polar surface area (TPSA) is 20.2 Å². The van der Waals surface area contributed by atoms with E-state index in [1.54, 1.807) is 5.20 Å². The largest absolute Gasteiger partial charge is 0.385 e. The maximum Gasteiger partial charge on any atom is 0.0957 e. The number of hydrogen-bond acceptors (Lipinski definition) is 1. The smallest absolute Gasteiger partial charge is 0.0957 e. The second-order valence-corrected chi connectivity index (χ2v) is 14.4. The number of hydrogen-bond donors (Lipinski definition) is 1. The predicted octanol–water partition coefficient (Wildman–Crippen LogP) is 7.47. The Bertz CT molecular complexity index is 573. The molecule has 0 saturated heterocycles. The third-order valence-corrected chi connectivity index (χ3v) is 13.0. The van der Waals surface area contributed by atoms with Crippen molar-refractivity contribution in [3.63, 3.8) is 0 Å². The van der Waals surface area contributed by atoms with Crippen molar-refractivity contribution in [3.8, 4) is 0 Å². The van der Waals surface area contributed by atoms with Crippen molar-refractivity contribution in [2.75, 3.05) is 0 Å². The maximum atomic E-state index is 12.2. The Kier molecular flexibility index (Phi) is 8.36. The van der Waals surface area contributed by atoms with E-state index in [1.807, 2.05) is 0 Å². The summed E-state index contributed by atoms with van der Waals surface area (Å²) in [5, 5.41) is 13.8. The molecule has 1 N–H and O–H groups in total. The molecule has 1 fully saturated rings. The van der Waals surface area contributed by atoms with Crippen LogP contribution in [0, 0.1) is 11.8 Å². The Morgan fingerprint density at radius 3 is 2.07 bits per heavy atom. The fraction of sp³-hybridized carbons (Fsp3) is 0.680. The van der Waals surface area contributed by atoms with Gasteiger partial charge in [-0.05, 0) is 36.7 Å². The highest BCUT2D eigenvalue weighted by molar-refractivity contribution is 6.86. The molecule has 0 spiro atoms. The molecule has 27 heavy (non-hydrogen) atoms. The first kappa shape index (κ1) is 22.4. The van der Waals surface area contributed by atoms with Crippen molar-refractivity contribution in [1.82, 2.24) is 0 Å². The van der Waals surface area contributed by atoms with Crippen molar-refractivity contribution in [2.45, 2.75) is 96.9 Å². The van der Waals surface area contributed by atoms with Crippen LogP contribution in [0.25, 0.3) is 0 Å². The molecule has 0 radical (unpaired) electrons. The second kappa shape index (κ2) is 10.1. The Balaban J connectivity index is 2.50. The minimum atomic E-state index is -1.51. The molecule has 0 aliphatic heterocycles. The zero-order chi connectivity index (χ0) is 19.9. The van der Waals surface area contributed by atoms with E-state index in [9.17, 15) is 5.11 Å². The fourth-order valence-electron chi connectivity index (χ4n) is 5.34. The molecule has 0 amide bonds. The maximum absolute atomic E-state index is 12.2. The van der Waals surface area contributed by atoms with Crippen molar-refractivity contribution in [3.05, 3.63) is 47.2 Å². The second-order valence-electron chi connectivity index (χ2n) is 9.08. The average Bonchev–Trinajstić information content (AvgIpc) is 2.70. The molecule has 1 aliphatic carbocycles. The van der Waals surface area contributed by atoms with Gasteiger partial charge in [0.25, 0.3) is 0 Å². The van der Waals surface area contributed by atoms with Crippen LogP contribution in [0.1, 0.15) is 78.7 Å². The Labute approximate surface area is 169 Å². The van der Waals surface area contributed by atoms with E-state index in [-0.39, 0.29) is 0 Å². The monoisotopic (exact) mass is 386 g/mol. The summed E-state index contributed by atoms with van der Waals surface area (Å²) in [5.41, 5.74) is 0.429. The Morgan fingerprint density at radius 1 is 1.04 bits per heavy atom. The summed E-state index contributed by atoms with van der Waals surface area (Å²) in [6.07, 6.45) is 9.56. The highest BCUT2D eigenvalue weighted by Crippen LogP contribution is 2.46. The minimum Gasteiger partial charge on any atom is -0.385 e. The fourth-order valence-corrected chi connectivity index (χ4v) is 9.53. The summed E-state index contributed by atoms with van der Waals surface area (Å²) < 4.78 is 0. The van der Waals surface area contributed by atoms with E-state index >= 15 is 0 Å². The molecule has 2 heteroatoms. The molecule has 0 heterocycles. The van der Waals surface area contributed by atoms with Crippen LogP contribution >= 0.6 is 0 Å². The third-order valence-electron chi connectivity index (χ3n) is 7.26. The molecular weight excluding hydrogens is 344 g/mol. The Morgan fingerprint density at radius 2 is 1.59 bits per heavy atom. The normalized spacial score (nSPS) is 19.3. The lowest BCUT2D eigenvalue weighted by molar-refractivity contribution is -0.0375. The molecule has 152 valence electrons. The lowest BCUT2D eigenvalue weighted by Crippen LogP contribution is -2.43. The van der Waals surface area contributed by atoms with Crippen molar-refractivity contribution in [1.29, 1.82) is 0 Å². The summed E-state index contributed by atoms with van der Waals surface area (Å²) in [7, 11) is -1.51. The van der Waals surface area contributed by atoms with Crippen LogP contribution in [0.15, 0.2) is 41.6 Å². The van der Waals surface area contributed by atoms with Crippen molar-refractivity contribution < 1.29 is 5.11 Å². The van der Waals surface area contributed by atoms with E-state index < -0.39 is 13.7 Å². The first-order chi connectivity index (χ1) is 12.9. The standard InChI is InChI=1S/C25H42OSi/c1-6-27(7-2,8-3)24(19-21(4)5)20-25(26,22-15-11-9-12-16-22)23-17-13-10-14-18-23/h9,11-12,15-16,19,21,23,26H,6-8,10,13-14,17-18,20H2,1-5H3/b24-19+. The van der Waals surface area contributed by atoms with E-state index in [2.05, 4.69) is 71.0 Å². The Hall–Kier alpha value is -0.863. The van der Waals surface area contributed by atoms with Crippen LogP contribution in [-0.4, -0.2) is 13.2 Å². The lowest BCUT2D eigenvalue weighted by atomic mass is 9.71. The number of aliphatic hydroxyl groups is 1. The van der Waals surface area contributed by atoms with Crippen LogP contribution < -0.4 is 0 Å². The summed E-state index contributed by atoms with van der Waals surface area (Å²) >= 11 is 0. The van der Waals surface area contributed by atoms with Gasteiger partial charge >= 0.3 is 0 Å². The molecule has 1 atom stereocenters. The summed E-state index contributed by atoms with van der Waals surface area (Å²) in [6.45, 7) is 11.7. The molecule has 1 unspecified atom stereocenters. The van der Waals surface area contributed by atoms with Gasteiger partial charge in [0, 0.05) is 0 Å². The van der Waals surface area contributed by atoms with Crippen LogP contribution in [0.3, 0.4) is 0 Å². The zero-order valence-corrected chi connectivity index (χ0v) is 19.4. The number of rotatable bonds is 9. The summed E-state index contributed by atoms with van der Waals surface area (Å²) in [4.78, 5) is 0. The highest BCUT2D eigenvalue weighted by atomic mass is 28.3. The van der Waals surface area contributed by atoms with Crippen molar-refractivity contribution >= 4 is 8.07 Å². The highest BCUT2D eigenvalue weighted by Gasteiger charge is 2.43. The molecule has 2 rings (SSSR count). The predicted molar refractivity (Wildman–Crippen MR) is 122 cm³/mol. The van der Waals surface area contributed by atoms with E-state index in [0.29, 0.717) is 11.8 Å². The van der Waals surface area contributed by atoms with Crippen LogP contribution in [0.5, 0.6) is 0 Å². The SMILES string of the molecule is CC[Si](CC)(CC)/C(=C/C(C)C)CC(O)(c1ccccc1)C1CCCCC1. The van der Waals surface area contributed by atoms with E-state index in [0.717, 1.165) is 12.0 Å². The average molecular weight is 387 g/mol. The van der Waals surface area contributed by atoms with Gasteiger partial charge in [-0.15, -0.1) is 0 Å². The van der Waals surface area contributed by atoms with Crippen LogP contribution in [-0.2, 0) is 5.60 Å². The molecular formula is C25H42OSi. The van der Waals surface area contributed by atoms with Gasteiger partial charge in [-0.1, -0.05) is 114 Å². The molecule has 0 aromatic heterocycles. The van der Waals surface area contributed by atoms with Crippen molar-refractivity contribution in [2.24, 2.45) is 11.8 Å². The molecule has 1 nitrogen and oxygen atoms in total. The summed E-state index contributed by atoms with van der Waals surface area (Å²) in [5.74, 6) is 0.935. The van der Waals surface area contributed by atoms with E-state index in [1.165, 1.54) is 50.2 Å². The number of allylic oxidation sites excluding steroid dienone is 1. The molecule has 0 bridgehead atoms. The summed E-state index contributed by atoms with van der Waals surface area (Å²) in [6, 6.07) is 14.4. The molecule has 1 saturated carbocycles. The van der Waals surface area contributed by atoms with E-state index in [4.69, 9.17) is 0 Å². The zero-order valence-electron chi connectivity index (χ0n) is 18.4. The lowest BCUT2D eigenvalue weighted by Gasteiger charge is -2.43. The van der Waals surface area contributed by atoms with Gasteiger partial charge in [0.2, 0.25) is 0 Å². The molecule has 1 aromatic rings. The third kappa shape index (κ3) is 5.15. The minimum absolute atomic E-state index is 0.390. The van der Waals surface area contributed by atoms with Crippen LogP contribution in [0.2, 0.25) is 18.1 Å². The van der Waals surface area contributed by atoms with Gasteiger partial charge in [0.15, 0.2) is 0 Å². The van der Waals surface area contributed by atoms with Gasteiger partial charge < -0.3 is 5.11 Å². The quantitative estimate of drug-likeness (QED) is 0.436. The van der Waals surface area contributed by atoms with Gasteiger partial charge in [-0.25, -0.2) is 0 Å². The first-order valence-corrected chi connectivity index (χ1v) is 14.0. The first-order valence-electron chi connectivity index (χ1n) is 11.4.